The smallest absolute Gasteiger partial charge is 0.254 e. The van der Waals surface area contributed by atoms with Crippen molar-refractivity contribution in [3.63, 3.8) is 0 Å². The third kappa shape index (κ3) is 3.83. The zero-order chi connectivity index (χ0) is 12.2. The summed E-state index contributed by atoms with van der Waals surface area (Å²) >= 11 is 0. The molecule has 7 nitrogen and oxygen atoms in total. The highest BCUT2D eigenvalue weighted by atomic mass is 32.2. The normalized spacial score (nSPS) is 11.1. The number of pyridine rings is 1. The average Bonchev–Trinajstić information content (AvgIpc) is 2.16. The van der Waals surface area contributed by atoms with Gasteiger partial charge in [-0.25, -0.2) is 13.6 Å². The Morgan fingerprint density at radius 1 is 1.50 bits per heavy atom. The van der Waals surface area contributed by atoms with Crippen LogP contribution in [-0.4, -0.2) is 31.6 Å². The summed E-state index contributed by atoms with van der Waals surface area (Å²) in [5.74, 6) is -0.798. The second kappa shape index (κ2) is 4.90. The van der Waals surface area contributed by atoms with Crippen molar-refractivity contribution in [3.8, 4) is 0 Å². The third-order valence-electron chi connectivity index (χ3n) is 1.77. The molecule has 1 aromatic heterocycles. The van der Waals surface area contributed by atoms with Crippen LogP contribution in [0.3, 0.4) is 0 Å². The Labute approximate surface area is 92.9 Å². The molecule has 1 amide bonds. The first-order valence-electron chi connectivity index (χ1n) is 4.38. The topological polar surface area (TPSA) is 128 Å². The molecule has 88 valence electrons. The van der Waals surface area contributed by atoms with Gasteiger partial charge >= 0.3 is 0 Å². The van der Waals surface area contributed by atoms with E-state index < -0.39 is 15.9 Å². The van der Waals surface area contributed by atoms with Crippen LogP contribution in [0.5, 0.6) is 0 Å². The zero-order valence-electron chi connectivity index (χ0n) is 8.38. The van der Waals surface area contributed by atoms with Gasteiger partial charge in [-0.05, 0) is 6.07 Å². The highest BCUT2D eigenvalue weighted by molar-refractivity contribution is 7.89. The van der Waals surface area contributed by atoms with Crippen LogP contribution in [0.25, 0.3) is 0 Å². The fourth-order valence-corrected chi connectivity index (χ4v) is 1.38. The summed E-state index contributed by atoms with van der Waals surface area (Å²) in [4.78, 5) is 15.2. The van der Waals surface area contributed by atoms with E-state index in [4.69, 9.17) is 10.9 Å². The van der Waals surface area contributed by atoms with Crippen molar-refractivity contribution in [2.24, 2.45) is 5.14 Å². The van der Waals surface area contributed by atoms with E-state index in [9.17, 15) is 13.2 Å². The molecule has 0 bridgehead atoms. The largest absolute Gasteiger partial charge is 0.398 e. The number of hydrogen-bond donors (Lipinski definition) is 3. The SMILES string of the molecule is Nc1ccncc1C(=O)NCCS(N)(=O)=O. The van der Waals surface area contributed by atoms with E-state index in [1.54, 1.807) is 0 Å². The van der Waals surface area contributed by atoms with Crippen molar-refractivity contribution in [2.75, 3.05) is 18.0 Å². The van der Waals surface area contributed by atoms with E-state index >= 15 is 0 Å². The molecule has 0 aliphatic heterocycles. The molecule has 0 aliphatic rings. The molecule has 0 unspecified atom stereocenters. The van der Waals surface area contributed by atoms with Gasteiger partial charge in [0.05, 0.1) is 11.3 Å². The molecule has 0 saturated carbocycles. The number of nitrogen functional groups attached to an aromatic ring is 1. The number of hydrogen-bond acceptors (Lipinski definition) is 5. The fraction of sp³-hybridized carbons (Fsp3) is 0.250. The summed E-state index contributed by atoms with van der Waals surface area (Å²) < 4.78 is 21.2. The van der Waals surface area contributed by atoms with Crippen molar-refractivity contribution in [1.29, 1.82) is 0 Å². The lowest BCUT2D eigenvalue weighted by molar-refractivity contribution is 0.0956. The molecule has 16 heavy (non-hydrogen) atoms. The molecule has 0 aliphatic carbocycles. The minimum absolute atomic E-state index is 0.0635. The predicted octanol–water partition coefficient (Wildman–Crippen LogP) is -1.32. The molecule has 8 heteroatoms. The van der Waals surface area contributed by atoms with Crippen molar-refractivity contribution in [2.45, 2.75) is 0 Å². The van der Waals surface area contributed by atoms with Crippen LogP contribution in [0.1, 0.15) is 10.4 Å². The predicted molar refractivity (Wildman–Crippen MR) is 59.0 cm³/mol. The van der Waals surface area contributed by atoms with Gasteiger partial charge in [-0.3, -0.25) is 9.78 Å². The van der Waals surface area contributed by atoms with Gasteiger partial charge in [0.2, 0.25) is 10.0 Å². The Morgan fingerprint density at radius 2 is 2.19 bits per heavy atom. The summed E-state index contributed by atoms with van der Waals surface area (Å²) in [5, 5.41) is 7.15. The molecule has 1 heterocycles. The van der Waals surface area contributed by atoms with Crippen LogP contribution in [0, 0.1) is 0 Å². The standard InChI is InChI=1S/C8H12N4O3S/c9-7-1-2-11-5-6(7)8(13)12-3-4-16(10,14)15/h1-2,5H,3-4H2,(H2,9,11)(H,12,13)(H2,10,14,15). The summed E-state index contributed by atoms with van der Waals surface area (Å²) in [5.41, 5.74) is 6.02. The molecule has 5 N–H and O–H groups in total. The van der Waals surface area contributed by atoms with Crippen LogP contribution in [0.4, 0.5) is 5.69 Å². The van der Waals surface area contributed by atoms with E-state index in [1.807, 2.05) is 0 Å². The van der Waals surface area contributed by atoms with Crippen LogP contribution >= 0.6 is 0 Å². The number of nitrogens with one attached hydrogen (secondary N) is 1. The average molecular weight is 244 g/mol. The van der Waals surface area contributed by atoms with E-state index in [-0.39, 0.29) is 23.5 Å². The quantitative estimate of drug-likeness (QED) is 0.605. The number of carbonyl (C=O) groups is 1. The minimum atomic E-state index is -3.57. The van der Waals surface area contributed by atoms with Crippen LogP contribution in [0.2, 0.25) is 0 Å². The van der Waals surface area contributed by atoms with Gasteiger partial charge in [-0.1, -0.05) is 0 Å². The van der Waals surface area contributed by atoms with Crippen LogP contribution in [-0.2, 0) is 10.0 Å². The zero-order valence-corrected chi connectivity index (χ0v) is 9.20. The van der Waals surface area contributed by atoms with Gasteiger partial charge in [-0.15, -0.1) is 0 Å². The summed E-state index contributed by atoms with van der Waals surface area (Å²) in [6.45, 7) is -0.0635. The molecular weight excluding hydrogens is 232 g/mol. The van der Waals surface area contributed by atoms with Crippen molar-refractivity contribution < 1.29 is 13.2 Å². The fourth-order valence-electron chi connectivity index (χ4n) is 0.997. The number of aromatic nitrogens is 1. The Bertz CT molecular complexity index is 486. The monoisotopic (exact) mass is 244 g/mol. The highest BCUT2D eigenvalue weighted by Gasteiger charge is 2.10. The number of nitrogens with zero attached hydrogens (tertiary/aromatic N) is 1. The maximum atomic E-state index is 11.5. The number of anilines is 1. The first-order chi connectivity index (χ1) is 7.40. The number of amides is 1. The molecule has 0 fully saturated rings. The number of primary sulfonamides is 1. The Balaban J connectivity index is 2.57. The molecule has 0 saturated heterocycles. The number of sulfonamides is 1. The Hall–Kier alpha value is -1.67. The number of rotatable bonds is 4. The maximum Gasteiger partial charge on any atom is 0.254 e. The van der Waals surface area contributed by atoms with Gasteiger partial charge in [0, 0.05) is 24.6 Å². The second-order valence-corrected chi connectivity index (χ2v) is 4.82. The van der Waals surface area contributed by atoms with Crippen LogP contribution < -0.4 is 16.2 Å². The lowest BCUT2D eigenvalue weighted by atomic mass is 10.2. The molecular formula is C8H12N4O3S. The maximum absolute atomic E-state index is 11.5. The van der Waals surface area contributed by atoms with Gasteiger partial charge < -0.3 is 11.1 Å². The Kier molecular flexibility index (Phi) is 3.80. The first kappa shape index (κ1) is 12.4. The Morgan fingerprint density at radius 3 is 2.75 bits per heavy atom. The van der Waals surface area contributed by atoms with Gasteiger partial charge in [0.25, 0.3) is 5.91 Å². The summed E-state index contributed by atoms with van der Waals surface area (Å²) in [7, 11) is -3.57. The minimum Gasteiger partial charge on any atom is -0.398 e. The summed E-state index contributed by atoms with van der Waals surface area (Å²) in [6.07, 6.45) is 2.76. The third-order valence-corrected chi connectivity index (χ3v) is 2.54. The lowest BCUT2D eigenvalue weighted by Gasteiger charge is -2.05. The van der Waals surface area contributed by atoms with E-state index in [2.05, 4.69) is 10.3 Å². The van der Waals surface area contributed by atoms with Crippen molar-refractivity contribution in [3.05, 3.63) is 24.0 Å². The highest BCUT2D eigenvalue weighted by Crippen LogP contribution is 2.07. The van der Waals surface area contributed by atoms with E-state index in [1.165, 1.54) is 18.5 Å². The summed E-state index contributed by atoms with van der Waals surface area (Å²) in [6, 6.07) is 1.48. The van der Waals surface area contributed by atoms with Crippen molar-refractivity contribution in [1.82, 2.24) is 10.3 Å². The molecule has 0 aromatic carbocycles. The molecule has 0 atom stereocenters. The number of nitrogens with two attached hydrogens (primary N) is 2. The first-order valence-corrected chi connectivity index (χ1v) is 6.10. The van der Waals surface area contributed by atoms with E-state index in [0.29, 0.717) is 0 Å². The van der Waals surface area contributed by atoms with Crippen molar-refractivity contribution >= 4 is 21.6 Å². The molecule has 0 spiro atoms. The number of carbonyl (C=O) groups excluding carboxylic acids is 1. The lowest BCUT2D eigenvalue weighted by Crippen LogP contribution is -2.31. The molecule has 1 aromatic rings. The van der Waals surface area contributed by atoms with Gasteiger partial charge in [0.15, 0.2) is 0 Å². The van der Waals surface area contributed by atoms with Crippen LogP contribution in [0.15, 0.2) is 18.5 Å². The molecule has 0 radical (unpaired) electrons. The van der Waals surface area contributed by atoms with Gasteiger partial charge in [-0.2, -0.15) is 0 Å². The van der Waals surface area contributed by atoms with Gasteiger partial charge in [0.1, 0.15) is 0 Å². The van der Waals surface area contributed by atoms with E-state index in [0.717, 1.165) is 0 Å². The second-order valence-electron chi connectivity index (χ2n) is 3.09. The molecule has 1 rings (SSSR count).